The fourth-order valence-electron chi connectivity index (χ4n) is 3.90. The summed E-state index contributed by atoms with van der Waals surface area (Å²) < 4.78 is 45.3. The Morgan fingerprint density at radius 3 is 2.35 bits per heavy atom. The van der Waals surface area contributed by atoms with Crippen LogP contribution in [0.3, 0.4) is 0 Å². The molecule has 8 nitrogen and oxygen atoms in total. The minimum Gasteiger partial charge on any atom is -0.475 e. The summed E-state index contributed by atoms with van der Waals surface area (Å²) >= 11 is 6.14. The van der Waals surface area contributed by atoms with Gasteiger partial charge in [-0.25, -0.2) is 19.2 Å². The van der Waals surface area contributed by atoms with Gasteiger partial charge in [-0.2, -0.15) is 13.2 Å². The number of nitrogens with one attached hydrogen (secondary N) is 1. The van der Waals surface area contributed by atoms with E-state index in [1.165, 1.54) is 18.2 Å². The van der Waals surface area contributed by atoms with Gasteiger partial charge >= 0.3 is 12.1 Å². The number of carbonyl (C=O) groups excluding carboxylic acids is 1. The molecule has 1 saturated carbocycles. The molecule has 1 saturated heterocycles. The maximum Gasteiger partial charge on any atom is 0.490 e. The highest BCUT2D eigenvalue weighted by Gasteiger charge is 2.38. The molecule has 0 unspecified atom stereocenters. The smallest absolute Gasteiger partial charge is 0.475 e. The molecule has 0 atom stereocenters. The van der Waals surface area contributed by atoms with Gasteiger partial charge in [0.15, 0.2) is 17.4 Å². The Morgan fingerprint density at radius 2 is 1.73 bits per heavy atom. The first kappa shape index (κ1) is 26.5. The van der Waals surface area contributed by atoms with Crippen molar-refractivity contribution in [2.75, 3.05) is 23.3 Å². The zero-order valence-electron chi connectivity index (χ0n) is 19.3. The lowest BCUT2D eigenvalue weighted by molar-refractivity contribution is -0.192. The van der Waals surface area contributed by atoms with E-state index >= 15 is 0 Å². The molecule has 1 aliphatic heterocycles. The van der Waals surface area contributed by atoms with Crippen molar-refractivity contribution in [3.05, 3.63) is 53.1 Å². The van der Waals surface area contributed by atoms with E-state index in [1.54, 1.807) is 12.4 Å². The molecule has 196 valence electrons. The minimum absolute atomic E-state index is 0.0933. The first-order valence-corrected chi connectivity index (χ1v) is 11.8. The molecule has 0 radical (unpaired) electrons. The number of alkyl halides is 3. The Bertz CT molecular complexity index is 1310. The Labute approximate surface area is 213 Å². The van der Waals surface area contributed by atoms with Crippen molar-refractivity contribution in [1.29, 1.82) is 0 Å². The van der Waals surface area contributed by atoms with Crippen LogP contribution >= 0.6 is 11.6 Å². The molecule has 2 N–H and O–H groups in total. The number of halogens is 5. The highest BCUT2D eigenvalue weighted by atomic mass is 35.5. The monoisotopic (exact) mass is 539 g/mol. The van der Waals surface area contributed by atoms with E-state index in [2.05, 4.69) is 15.2 Å². The van der Waals surface area contributed by atoms with Gasteiger partial charge in [-0.05, 0) is 49.9 Å². The number of ketones is 1. The lowest BCUT2D eigenvalue weighted by Crippen LogP contribution is -2.37. The summed E-state index contributed by atoms with van der Waals surface area (Å²) in [5, 5.41) is 10.9. The first-order chi connectivity index (χ1) is 17.5. The van der Waals surface area contributed by atoms with Gasteiger partial charge in [-0.1, -0.05) is 11.6 Å². The molecule has 2 aromatic heterocycles. The third-order valence-corrected chi connectivity index (χ3v) is 6.30. The van der Waals surface area contributed by atoms with E-state index < -0.39 is 18.0 Å². The molecule has 1 aromatic carbocycles. The summed E-state index contributed by atoms with van der Waals surface area (Å²) in [5.41, 5.74) is 1.82. The normalized spacial score (nSPS) is 16.2. The van der Waals surface area contributed by atoms with Gasteiger partial charge in [0.25, 0.3) is 0 Å². The number of benzene rings is 1. The molecule has 5 rings (SSSR count). The molecular formula is C24H22ClF4N5O3. The van der Waals surface area contributed by atoms with E-state index in [4.69, 9.17) is 31.5 Å². The zero-order chi connectivity index (χ0) is 26.7. The summed E-state index contributed by atoms with van der Waals surface area (Å²) in [5.74, 6) is -1.89. The van der Waals surface area contributed by atoms with Gasteiger partial charge in [0, 0.05) is 36.8 Å². The van der Waals surface area contributed by atoms with Crippen LogP contribution in [-0.2, 0) is 4.79 Å². The van der Waals surface area contributed by atoms with Gasteiger partial charge in [0.2, 0.25) is 0 Å². The number of carbonyl (C=O) groups is 2. The summed E-state index contributed by atoms with van der Waals surface area (Å²) in [6.45, 7) is 1.34. The molecule has 3 aromatic rings. The standard InChI is InChI=1S/C22H21ClFN5O.C2HF3O2/c23-17-4-1-14(24)11-16(17)20(30)13-6-9-29(10-7-13)22-21(26-15-2-3-15)27-18-5-8-25-12-19(18)28-22;3-2(4,5)1(6)7/h1,4-5,8,11-13,15H,2-3,6-7,9-10H2,(H,26,27);(H,6,7). The number of aromatic nitrogens is 3. The highest BCUT2D eigenvalue weighted by molar-refractivity contribution is 6.34. The first-order valence-electron chi connectivity index (χ1n) is 11.5. The predicted molar refractivity (Wildman–Crippen MR) is 128 cm³/mol. The van der Waals surface area contributed by atoms with E-state index in [-0.39, 0.29) is 17.3 Å². The number of carboxylic acids is 1. The van der Waals surface area contributed by atoms with Crippen LogP contribution in [0.4, 0.5) is 29.2 Å². The van der Waals surface area contributed by atoms with Crippen LogP contribution in [0.2, 0.25) is 5.02 Å². The van der Waals surface area contributed by atoms with E-state index in [9.17, 15) is 22.4 Å². The molecule has 1 aliphatic carbocycles. The lowest BCUT2D eigenvalue weighted by atomic mass is 9.89. The third kappa shape index (κ3) is 6.62. The third-order valence-electron chi connectivity index (χ3n) is 5.97. The quantitative estimate of drug-likeness (QED) is 0.339. The topological polar surface area (TPSA) is 108 Å². The van der Waals surface area contributed by atoms with Gasteiger partial charge in [0.05, 0.1) is 16.7 Å². The number of aliphatic carboxylic acids is 1. The fraction of sp³-hybridized carbons (Fsp3) is 0.375. The van der Waals surface area contributed by atoms with Crippen molar-refractivity contribution in [2.45, 2.75) is 37.9 Å². The van der Waals surface area contributed by atoms with Gasteiger partial charge in [-0.15, -0.1) is 0 Å². The lowest BCUT2D eigenvalue weighted by Gasteiger charge is -2.33. The average Bonchev–Trinajstić information content (AvgIpc) is 3.69. The average molecular weight is 540 g/mol. The van der Waals surface area contributed by atoms with Crippen LogP contribution in [0.5, 0.6) is 0 Å². The van der Waals surface area contributed by atoms with Crippen molar-refractivity contribution >= 4 is 46.0 Å². The maximum atomic E-state index is 13.6. The molecule has 2 fully saturated rings. The number of Topliss-reactive ketones (excluding diaryl/α,β-unsaturated/α-hetero) is 1. The number of carboxylic acid groups (broad SMARTS) is 1. The summed E-state index contributed by atoms with van der Waals surface area (Å²) in [6, 6.07) is 6.25. The molecule has 2 aliphatic rings. The summed E-state index contributed by atoms with van der Waals surface area (Å²) in [4.78, 5) is 37.7. The second-order valence-corrected chi connectivity index (χ2v) is 9.14. The molecule has 37 heavy (non-hydrogen) atoms. The second kappa shape index (κ2) is 10.8. The van der Waals surface area contributed by atoms with Gasteiger partial charge < -0.3 is 15.3 Å². The molecule has 0 spiro atoms. The number of fused-ring (bicyclic) bond motifs is 1. The number of anilines is 2. The van der Waals surface area contributed by atoms with Crippen molar-refractivity contribution in [2.24, 2.45) is 5.92 Å². The second-order valence-electron chi connectivity index (χ2n) is 8.73. The molecule has 0 bridgehead atoms. The molecule has 3 heterocycles. The molecule has 0 amide bonds. The number of hydrogen-bond acceptors (Lipinski definition) is 7. The number of rotatable bonds is 5. The van der Waals surface area contributed by atoms with Crippen LogP contribution < -0.4 is 10.2 Å². The predicted octanol–water partition coefficient (Wildman–Crippen LogP) is 5.12. The van der Waals surface area contributed by atoms with Crippen molar-refractivity contribution < 1.29 is 32.3 Å². The van der Waals surface area contributed by atoms with Crippen molar-refractivity contribution in [3.8, 4) is 0 Å². The van der Waals surface area contributed by atoms with E-state index in [1.807, 2.05) is 6.07 Å². The summed E-state index contributed by atoms with van der Waals surface area (Å²) in [7, 11) is 0. The SMILES string of the molecule is O=C(O)C(F)(F)F.O=C(c1cc(F)ccc1Cl)C1CCN(c2nc3cnccc3nc2NC2CC2)CC1. The van der Waals surface area contributed by atoms with Crippen LogP contribution in [0, 0.1) is 11.7 Å². The minimum atomic E-state index is -5.08. The van der Waals surface area contributed by atoms with Crippen LogP contribution in [0.15, 0.2) is 36.7 Å². The number of hydrogen-bond donors (Lipinski definition) is 2. The zero-order valence-corrected chi connectivity index (χ0v) is 20.1. The largest absolute Gasteiger partial charge is 0.490 e. The van der Waals surface area contributed by atoms with E-state index in [0.717, 1.165) is 35.5 Å². The Kier molecular flexibility index (Phi) is 7.76. The molecular weight excluding hydrogens is 518 g/mol. The number of pyridine rings is 1. The molecule has 13 heteroatoms. The maximum absolute atomic E-state index is 13.6. The van der Waals surface area contributed by atoms with Crippen molar-refractivity contribution in [1.82, 2.24) is 15.0 Å². The van der Waals surface area contributed by atoms with Crippen molar-refractivity contribution in [3.63, 3.8) is 0 Å². The highest BCUT2D eigenvalue weighted by Crippen LogP contribution is 2.34. The Balaban J connectivity index is 0.000000405. The van der Waals surface area contributed by atoms with E-state index in [0.29, 0.717) is 37.0 Å². The van der Waals surface area contributed by atoms with Crippen LogP contribution in [0.25, 0.3) is 11.0 Å². The van der Waals surface area contributed by atoms with Crippen LogP contribution in [0.1, 0.15) is 36.0 Å². The van der Waals surface area contributed by atoms with Crippen LogP contribution in [-0.4, -0.2) is 57.1 Å². The Hall–Kier alpha value is -3.54. The van der Waals surface area contributed by atoms with Gasteiger partial charge in [-0.3, -0.25) is 9.78 Å². The summed E-state index contributed by atoms with van der Waals surface area (Å²) in [6.07, 6.45) is 1.94. The van der Waals surface area contributed by atoms with Gasteiger partial charge in [0.1, 0.15) is 11.3 Å². The Morgan fingerprint density at radius 1 is 1.05 bits per heavy atom. The number of nitrogens with zero attached hydrogens (tertiary/aromatic N) is 4. The number of piperidine rings is 1. The fourth-order valence-corrected chi connectivity index (χ4v) is 4.11.